The van der Waals surface area contributed by atoms with Gasteiger partial charge in [-0.05, 0) is 56.3 Å². The average Bonchev–Trinajstić information content (AvgIpc) is 3.12. The van der Waals surface area contributed by atoms with Gasteiger partial charge in [-0.2, -0.15) is 0 Å². The van der Waals surface area contributed by atoms with Crippen LogP contribution in [0.4, 0.5) is 14.4 Å². The lowest BCUT2D eigenvalue weighted by Crippen LogP contribution is -2.56. The highest BCUT2D eigenvalue weighted by molar-refractivity contribution is 5.94. The summed E-state index contributed by atoms with van der Waals surface area (Å²) in [5, 5.41) is 7.23. The van der Waals surface area contributed by atoms with Crippen molar-refractivity contribution in [3.8, 4) is 0 Å². The van der Waals surface area contributed by atoms with E-state index in [1.165, 1.54) is 21.1 Å². The quantitative estimate of drug-likeness (QED) is 0.0694. The fourth-order valence-corrected chi connectivity index (χ4v) is 6.02. The summed E-state index contributed by atoms with van der Waals surface area (Å²) in [7, 11) is 3.91. The van der Waals surface area contributed by atoms with Crippen molar-refractivity contribution < 1.29 is 57.4 Å². The van der Waals surface area contributed by atoms with Crippen LogP contribution >= 0.6 is 0 Å². The van der Waals surface area contributed by atoms with Crippen LogP contribution in [0.15, 0.2) is 0 Å². The molecule has 0 unspecified atom stereocenters. The molecule has 1 fully saturated rings. The van der Waals surface area contributed by atoms with Crippen molar-refractivity contribution in [3.05, 3.63) is 0 Å². The van der Waals surface area contributed by atoms with Crippen molar-refractivity contribution >= 4 is 53.7 Å². The van der Waals surface area contributed by atoms with Gasteiger partial charge < -0.3 is 62.1 Å². The number of nitrogens with two attached hydrogens (primary N) is 3. The average molecular weight is 820 g/mol. The number of nitrogens with zero attached hydrogens (tertiary/aromatic N) is 3. The monoisotopic (exact) mass is 819 g/mol. The number of hydrogen-bond donors (Lipinski definition) is 6. The number of hydrogen-bond acceptors (Lipinski definition) is 12. The van der Waals surface area contributed by atoms with Crippen molar-refractivity contribution in [2.45, 2.75) is 117 Å². The summed E-state index contributed by atoms with van der Waals surface area (Å²) >= 11 is 0. The molecular formula is C36H63N9O12. The molecule has 0 aromatic heterocycles. The van der Waals surface area contributed by atoms with Crippen LogP contribution < -0.4 is 33.2 Å². The van der Waals surface area contributed by atoms with Crippen molar-refractivity contribution in [2.24, 2.45) is 35.0 Å². The zero-order valence-electron chi connectivity index (χ0n) is 34.5. The molecule has 9 amide bonds. The zero-order chi connectivity index (χ0) is 43.7. The number of esters is 3. The number of nitrogens with one attached hydrogen (secondary N) is 3. The molecule has 9 N–H and O–H groups in total. The molecule has 1 rings (SSSR count). The molecule has 1 aliphatic rings. The number of likely N-dealkylation sites (N-methyl/N-ethyl adjacent to an activating group) is 3. The number of cyclic esters (lactones) is 3. The first-order valence-corrected chi connectivity index (χ1v) is 19.0. The van der Waals surface area contributed by atoms with Gasteiger partial charge in [0.2, 0.25) is 0 Å². The van der Waals surface area contributed by atoms with Gasteiger partial charge in [0.05, 0.1) is 0 Å². The minimum absolute atomic E-state index is 0.0252. The first kappa shape index (κ1) is 49.6. The SMILES string of the molecule is CC(C)[C@H]1OC(=O)[C@H](CCCNC(N)=O)N([14CH3])C(=O)[C@@H](C(C)C)OC(=O)[C@H](CCCNC(N)=O)N([14CH3])C(=O)[C@@H](C(C)C)OC(=O)[C@H](CCCNC(N)=O)N([14CH3])C1=O. The maximum absolute atomic E-state index is 14.2. The number of carbonyl (C=O) groups is 9. The van der Waals surface area contributed by atoms with E-state index in [9.17, 15) is 43.2 Å². The Bertz CT molecular complexity index is 1280. The van der Waals surface area contributed by atoms with Crippen molar-refractivity contribution in [1.82, 2.24) is 30.7 Å². The van der Waals surface area contributed by atoms with E-state index < -0.39 is 108 Å². The Labute approximate surface area is 333 Å². The summed E-state index contributed by atoms with van der Waals surface area (Å²) in [6.07, 6.45) is -4.30. The van der Waals surface area contributed by atoms with E-state index in [1.807, 2.05) is 0 Å². The Morgan fingerprint density at radius 1 is 0.509 bits per heavy atom. The van der Waals surface area contributed by atoms with Gasteiger partial charge in [0.15, 0.2) is 18.3 Å². The summed E-state index contributed by atoms with van der Waals surface area (Å²) in [6.45, 7) is 9.73. The molecule has 0 aliphatic carbocycles. The predicted octanol–water partition coefficient (Wildman–Crippen LogP) is -0.470. The van der Waals surface area contributed by atoms with Crippen LogP contribution in [0.5, 0.6) is 0 Å². The van der Waals surface area contributed by atoms with Crippen LogP contribution in [-0.4, -0.2) is 146 Å². The Morgan fingerprint density at radius 3 is 0.895 bits per heavy atom. The highest BCUT2D eigenvalue weighted by Gasteiger charge is 2.43. The van der Waals surface area contributed by atoms with E-state index in [2.05, 4.69) is 16.0 Å². The minimum Gasteiger partial charge on any atom is -0.450 e. The summed E-state index contributed by atoms with van der Waals surface area (Å²) in [5.41, 5.74) is 15.6. The van der Waals surface area contributed by atoms with Crippen LogP contribution in [0.25, 0.3) is 0 Å². The van der Waals surface area contributed by atoms with Crippen LogP contribution in [0.1, 0.15) is 80.1 Å². The second-order valence-electron chi connectivity index (χ2n) is 15.0. The summed E-state index contributed by atoms with van der Waals surface area (Å²) in [4.78, 5) is 122. The van der Waals surface area contributed by atoms with E-state index in [4.69, 9.17) is 31.4 Å². The van der Waals surface area contributed by atoms with Gasteiger partial charge in [0.1, 0.15) is 18.1 Å². The molecule has 57 heavy (non-hydrogen) atoms. The van der Waals surface area contributed by atoms with Crippen LogP contribution in [0.2, 0.25) is 0 Å². The number of amides is 9. The molecule has 0 saturated carbocycles. The van der Waals surface area contributed by atoms with Gasteiger partial charge in [-0.25, -0.2) is 28.8 Å². The van der Waals surface area contributed by atoms with Crippen LogP contribution in [-0.2, 0) is 43.0 Å². The molecule has 0 spiro atoms. The lowest BCUT2D eigenvalue weighted by molar-refractivity contribution is -0.180. The van der Waals surface area contributed by atoms with Gasteiger partial charge in [-0.15, -0.1) is 0 Å². The fraction of sp³-hybridized carbons (Fsp3) is 0.750. The van der Waals surface area contributed by atoms with Gasteiger partial charge >= 0.3 is 36.0 Å². The van der Waals surface area contributed by atoms with Gasteiger partial charge in [0, 0.05) is 40.8 Å². The molecule has 0 bridgehead atoms. The maximum Gasteiger partial charge on any atom is 0.329 e. The number of rotatable bonds is 15. The number of carbonyl (C=O) groups excluding carboxylic acids is 9. The highest BCUT2D eigenvalue weighted by atomic mass is 16.6. The molecule has 324 valence electrons. The third-order valence-corrected chi connectivity index (χ3v) is 9.40. The zero-order valence-corrected chi connectivity index (χ0v) is 34.5. The van der Waals surface area contributed by atoms with Crippen molar-refractivity contribution in [3.63, 3.8) is 0 Å². The fourth-order valence-electron chi connectivity index (χ4n) is 6.02. The second-order valence-corrected chi connectivity index (χ2v) is 15.0. The van der Waals surface area contributed by atoms with Crippen molar-refractivity contribution in [2.75, 3.05) is 40.8 Å². The van der Waals surface area contributed by atoms with E-state index in [0.717, 1.165) is 14.7 Å². The first-order valence-electron chi connectivity index (χ1n) is 19.0. The Morgan fingerprint density at radius 2 is 0.719 bits per heavy atom. The third kappa shape index (κ3) is 15.6. The minimum atomic E-state index is -1.48. The number of ether oxygens (including phenoxy) is 3. The molecule has 1 heterocycles. The van der Waals surface area contributed by atoms with Gasteiger partial charge in [-0.1, -0.05) is 41.5 Å². The molecule has 6 atom stereocenters. The maximum atomic E-state index is 14.2. The predicted molar refractivity (Wildman–Crippen MR) is 204 cm³/mol. The highest BCUT2D eigenvalue weighted by Crippen LogP contribution is 2.23. The Kier molecular flexibility index (Phi) is 20.6. The molecule has 21 nitrogen and oxygen atoms in total. The van der Waals surface area contributed by atoms with E-state index in [1.54, 1.807) is 41.5 Å². The summed E-state index contributed by atoms with van der Waals surface area (Å²) in [5.74, 6) is -7.32. The molecule has 21 heteroatoms. The van der Waals surface area contributed by atoms with Crippen molar-refractivity contribution in [1.29, 1.82) is 0 Å². The molecule has 0 radical (unpaired) electrons. The van der Waals surface area contributed by atoms with Gasteiger partial charge in [0.25, 0.3) is 17.7 Å². The molecular weight excluding hydrogens is 756 g/mol. The molecule has 1 aliphatic heterocycles. The molecule has 0 aromatic rings. The topological polar surface area (TPSA) is 305 Å². The second kappa shape index (κ2) is 23.6. The lowest BCUT2D eigenvalue weighted by atomic mass is 10.0. The van der Waals surface area contributed by atoms with Crippen LogP contribution in [0.3, 0.4) is 0 Å². The number of primary amides is 3. The standard InChI is InChI=1S/C36H63N9O12/c1-19(2)25-28(46)43(7)23(14-11-17-41-35(38)53)32(50)56-27(21(5)6)30(48)45(9)24(15-12-18-42-36(39)54)33(51)57-26(20(3)4)29(47)44(8)22(31(49)55-25)13-10-16-40-34(37)52/h19-27H,10-18H2,1-9H3,(H3,37,40,52)(H3,38,41,53)(H3,39,42,54)/t22-,23-,24-,25+,26+,27+/m0/s1/i7+2,8+2,9+2. The van der Waals surface area contributed by atoms with Gasteiger partial charge in [-0.3, -0.25) is 14.4 Å². The number of urea groups is 3. The Balaban J connectivity index is 3.96. The lowest BCUT2D eigenvalue weighted by Gasteiger charge is -2.37. The van der Waals surface area contributed by atoms with E-state index in [-0.39, 0.29) is 58.2 Å². The molecule has 0 aromatic carbocycles. The summed E-state index contributed by atoms with van der Waals surface area (Å²) in [6, 6.07) is -6.52. The summed E-state index contributed by atoms with van der Waals surface area (Å²) < 4.78 is 17.5. The smallest absolute Gasteiger partial charge is 0.329 e. The normalized spacial score (nSPS) is 23.5. The van der Waals surface area contributed by atoms with E-state index >= 15 is 0 Å². The third-order valence-electron chi connectivity index (χ3n) is 9.40. The van der Waals surface area contributed by atoms with E-state index in [0.29, 0.717) is 0 Å². The Hall–Kier alpha value is -5.37. The van der Waals surface area contributed by atoms with Crippen LogP contribution in [0, 0.1) is 17.8 Å². The molecule has 1 saturated heterocycles. The largest absolute Gasteiger partial charge is 0.450 e. The first-order chi connectivity index (χ1) is 26.5.